The van der Waals surface area contributed by atoms with E-state index in [9.17, 15) is 9.18 Å². The van der Waals surface area contributed by atoms with Crippen LogP contribution >= 0.6 is 0 Å². The van der Waals surface area contributed by atoms with Crippen LogP contribution in [0.25, 0.3) is 0 Å². The lowest BCUT2D eigenvalue weighted by Crippen LogP contribution is -2.42. The minimum atomic E-state index is -0.379. The van der Waals surface area contributed by atoms with Crippen LogP contribution in [-0.2, 0) is 0 Å². The lowest BCUT2D eigenvalue weighted by Gasteiger charge is -2.34. The van der Waals surface area contributed by atoms with Crippen LogP contribution in [0.1, 0.15) is 30.1 Å². The minimum Gasteiger partial charge on any atom is -0.351 e. The summed E-state index contributed by atoms with van der Waals surface area (Å²) in [6.45, 7) is 4.81. The van der Waals surface area contributed by atoms with Gasteiger partial charge in [-0.15, -0.1) is 0 Å². The van der Waals surface area contributed by atoms with Gasteiger partial charge in [0.15, 0.2) is 0 Å². The SMILES string of the molecule is CC1(CNC(=O)c2cccc(F)c2)CCNCC1. The average Bonchev–Trinajstić information content (AvgIpc) is 2.37. The molecular weight excluding hydrogens is 231 g/mol. The highest BCUT2D eigenvalue weighted by Crippen LogP contribution is 2.26. The van der Waals surface area contributed by atoms with Crippen molar-refractivity contribution in [1.82, 2.24) is 10.6 Å². The van der Waals surface area contributed by atoms with Gasteiger partial charge in [-0.05, 0) is 49.5 Å². The summed E-state index contributed by atoms with van der Waals surface area (Å²) in [4.78, 5) is 11.9. The number of hydrogen-bond acceptors (Lipinski definition) is 2. The number of carbonyl (C=O) groups excluding carboxylic acids is 1. The summed E-state index contributed by atoms with van der Waals surface area (Å²) < 4.78 is 13.0. The molecule has 0 spiro atoms. The summed E-state index contributed by atoms with van der Waals surface area (Å²) >= 11 is 0. The highest BCUT2D eigenvalue weighted by Gasteiger charge is 2.27. The van der Waals surface area contributed by atoms with Gasteiger partial charge in [0.2, 0.25) is 0 Å². The summed E-state index contributed by atoms with van der Waals surface area (Å²) in [6.07, 6.45) is 2.10. The third kappa shape index (κ3) is 3.29. The maximum atomic E-state index is 13.0. The van der Waals surface area contributed by atoms with Gasteiger partial charge in [-0.25, -0.2) is 4.39 Å². The van der Waals surface area contributed by atoms with Gasteiger partial charge in [0.25, 0.3) is 5.91 Å². The van der Waals surface area contributed by atoms with E-state index >= 15 is 0 Å². The molecule has 1 fully saturated rings. The lowest BCUT2D eigenvalue weighted by atomic mass is 9.81. The van der Waals surface area contributed by atoms with Crippen LogP contribution in [0, 0.1) is 11.2 Å². The van der Waals surface area contributed by atoms with Gasteiger partial charge in [-0.2, -0.15) is 0 Å². The number of rotatable bonds is 3. The Labute approximate surface area is 107 Å². The van der Waals surface area contributed by atoms with Gasteiger partial charge in [-0.3, -0.25) is 4.79 Å². The molecule has 0 unspecified atom stereocenters. The Kier molecular flexibility index (Phi) is 3.97. The monoisotopic (exact) mass is 250 g/mol. The molecule has 3 nitrogen and oxygen atoms in total. The van der Waals surface area contributed by atoms with Crippen LogP contribution in [0.3, 0.4) is 0 Å². The van der Waals surface area contributed by atoms with Gasteiger partial charge in [0.1, 0.15) is 5.82 Å². The molecule has 1 aliphatic rings. The fourth-order valence-electron chi connectivity index (χ4n) is 2.23. The molecule has 0 radical (unpaired) electrons. The molecule has 0 aliphatic carbocycles. The van der Waals surface area contributed by atoms with E-state index < -0.39 is 0 Å². The zero-order valence-electron chi connectivity index (χ0n) is 10.6. The van der Waals surface area contributed by atoms with E-state index in [1.807, 2.05) is 0 Å². The zero-order valence-corrected chi connectivity index (χ0v) is 10.6. The van der Waals surface area contributed by atoms with E-state index in [4.69, 9.17) is 0 Å². The normalized spacial score (nSPS) is 18.3. The number of benzene rings is 1. The Morgan fingerprint density at radius 1 is 1.44 bits per heavy atom. The van der Waals surface area contributed by atoms with Crippen LogP contribution in [0.15, 0.2) is 24.3 Å². The molecule has 4 heteroatoms. The number of hydrogen-bond donors (Lipinski definition) is 2. The number of piperidine rings is 1. The highest BCUT2D eigenvalue weighted by atomic mass is 19.1. The first kappa shape index (κ1) is 13.0. The molecule has 1 amide bonds. The molecule has 0 atom stereocenters. The summed E-state index contributed by atoms with van der Waals surface area (Å²) in [5, 5.41) is 6.21. The molecule has 1 heterocycles. The minimum absolute atomic E-state index is 0.147. The van der Waals surface area contributed by atoms with Crippen molar-refractivity contribution in [2.75, 3.05) is 19.6 Å². The number of carbonyl (C=O) groups is 1. The van der Waals surface area contributed by atoms with E-state index in [0.29, 0.717) is 12.1 Å². The van der Waals surface area contributed by atoms with Gasteiger partial charge >= 0.3 is 0 Å². The molecule has 1 aromatic rings. The third-order valence-corrected chi connectivity index (χ3v) is 3.57. The topological polar surface area (TPSA) is 41.1 Å². The molecule has 0 aromatic heterocycles. The first-order valence-corrected chi connectivity index (χ1v) is 6.34. The molecule has 1 aromatic carbocycles. The first-order chi connectivity index (χ1) is 8.59. The van der Waals surface area contributed by atoms with Crippen molar-refractivity contribution >= 4 is 5.91 Å². The van der Waals surface area contributed by atoms with Crippen molar-refractivity contribution in [2.45, 2.75) is 19.8 Å². The average molecular weight is 250 g/mol. The standard InChI is InChI=1S/C14H19FN2O/c1-14(5-7-16-8-6-14)10-17-13(18)11-3-2-4-12(15)9-11/h2-4,9,16H,5-8,10H2,1H3,(H,17,18). The molecule has 2 rings (SSSR count). The highest BCUT2D eigenvalue weighted by molar-refractivity contribution is 5.94. The predicted octanol–water partition coefficient (Wildman–Crippen LogP) is 1.95. The van der Waals surface area contributed by atoms with Crippen molar-refractivity contribution in [3.63, 3.8) is 0 Å². The molecule has 0 bridgehead atoms. The van der Waals surface area contributed by atoms with Crippen molar-refractivity contribution in [2.24, 2.45) is 5.41 Å². The maximum absolute atomic E-state index is 13.0. The molecule has 98 valence electrons. The van der Waals surface area contributed by atoms with Crippen LogP contribution in [-0.4, -0.2) is 25.5 Å². The third-order valence-electron chi connectivity index (χ3n) is 3.57. The largest absolute Gasteiger partial charge is 0.351 e. The Balaban J connectivity index is 1.92. The van der Waals surface area contributed by atoms with E-state index in [-0.39, 0.29) is 17.1 Å². The Bertz CT molecular complexity index is 428. The van der Waals surface area contributed by atoms with Gasteiger partial charge in [0.05, 0.1) is 0 Å². The lowest BCUT2D eigenvalue weighted by molar-refractivity contribution is 0.0922. The van der Waals surface area contributed by atoms with Gasteiger partial charge < -0.3 is 10.6 Å². The van der Waals surface area contributed by atoms with Crippen LogP contribution in [0.4, 0.5) is 4.39 Å². The summed E-state index contributed by atoms with van der Waals surface area (Å²) in [5.41, 5.74) is 0.529. The molecule has 2 N–H and O–H groups in total. The molecule has 1 saturated heterocycles. The van der Waals surface area contributed by atoms with E-state index in [1.54, 1.807) is 12.1 Å². The predicted molar refractivity (Wildman–Crippen MR) is 68.9 cm³/mol. The van der Waals surface area contributed by atoms with Gasteiger partial charge in [-0.1, -0.05) is 13.0 Å². The maximum Gasteiger partial charge on any atom is 0.251 e. The van der Waals surface area contributed by atoms with Crippen molar-refractivity contribution in [3.8, 4) is 0 Å². The Hall–Kier alpha value is -1.42. The fraction of sp³-hybridized carbons (Fsp3) is 0.500. The Morgan fingerprint density at radius 3 is 2.83 bits per heavy atom. The molecule has 1 aliphatic heterocycles. The molecule has 18 heavy (non-hydrogen) atoms. The quantitative estimate of drug-likeness (QED) is 0.861. The number of amides is 1. The van der Waals surface area contributed by atoms with Crippen LogP contribution in [0.5, 0.6) is 0 Å². The second kappa shape index (κ2) is 5.48. The van der Waals surface area contributed by atoms with Crippen molar-refractivity contribution < 1.29 is 9.18 Å². The summed E-state index contributed by atoms with van der Waals surface area (Å²) in [5.74, 6) is -0.579. The summed E-state index contributed by atoms with van der Waals surface area (Å²) in [6, 6.07) is 5.78. The van der Waals surface area contributed by atoms with E-state index in [2.05, 4.69) is 17.6 Å². The van der Waals surface area contributed by atoms with Crippen molar-refractivity contribution in [1.29, 1.82) is 0 Å². The van der Waals surface area contributed by atoms with Crippen molar-refractivity contribution in [3.05, 3.63) is 35.6 Å². The fourth-order valence-corrected chi connectivity index (χ4v) is 2.23. The van der Waals surface area contributed by atoms with E-state index in [1.165, 1.54) is 12.1 Å². The molecule has 0 saturated carbocycles. The molecular formula is C14H19FN2O. The number of nitrogens with one attached hydrogen (secondary N) is 2. The zero-order chi connectivity index (χ0) is 13.0. The van der Waals surface area contributed by atoms with Gasteiger partial charge in [0, 0.05) is 12.1 Å². The Morgan fingerprint density at radius 2 is 2.17 bits per heavy atom. The second-order valence-corrected chi connectivity index (χ2v) is 5.25. The summed E-state index contributed by atoms with van der Waals surface area (Å²) in [7, 11) is 0. The van der Waals surface area contributed by atoms with Crippen LogP contribution in [0.2, 0.25) is 0 Å². The second-order valence-electron chi connectivity index (χ2n) is 5.25. The number of halogens is 1. The first-order valence-electron chi connectivity index (χ1n) is 6.34. The van der Waals surface area contributed by atoms with E-state index in [0.717, 1.165) is 25.9 Å². The smallest absolute Gasteiger partial charge is 0.251 e. The van der Waals surface area contributed by atoms with Crippen LogP contribution < -0.4 is 10.6 Å².